The molecule has 0 radical (unpaired) electrons. The molecule has 1 aliphatic carbocycles. The van der Waals surface area contributed by atoms with Crippen molar-refractivity contribution < 1.29 is 28.8 Å². The minimum Gasteiger partial charge on any atom is -0.497 e. The molecule has 0 aromatic heterocycles. The van der Waals surface area contributed by atoms with E-state index in [2.05, 4.69) is 0 Å². The van der Waals surface area contributed by atoms with Gasteiger partial charge in [0, 0.05) is 43.6 Å². The summed E-state index contributed by atoms with van der Waals surface area (Å²) in [7, 11) is 8.32. The fourth-order valence-corrected chi connectivity index (χ4v) is 5.57. The van der Waals surface area contributed by atoms with Crippen LogP contribution in [0.15, 0.2) is 78.5 Å². The predicted octanol–water partition coefficient (Wildman–Crippen LogP) is 4.00. The average Bonchev–Trinajstić information content (AvgIpc) is 3.26. The molecule has 7 heteroatoms. The Morgan fingerprint density at radius 2 is 1.58 bits per heavy atom. The molecule has 3 aromatic rings. The SMILES string of the molecule is COc1ccc([C@@]23Oc4cc(OC)cc(OC)c4[C@]2(O)C(=O)C(=CN(C)C)[C@H]3c2ccccc2)cc1. The number of hydrogen-bond acceptors (Lipinski definition) is 7. The maximum Gasteiger partial charge on any atom is 0.204 e. The first-order valence-corrected chi connectivity index (χ1v) is 11.6. The molecule has 1 heterocycles. The van der Waals surface area contributed by atoms with Crippen molar-refractivity contribution in [1.82, 2.24) is 4.90 Å². The van der Waals surface area contributed by atoms with Gasteiger partial charge in [-0.15, -0.1) is 0 Å². The molecule has 186 valence electrons. The lowest BCUT2D eigenvalue weighted by atomic mass is 9.71. The number of Topliss-reactive ketones (excluding diaryl/α,β-unsaturated/α-hetero) is 1. The molecule has 0 bridgehead atoms. The van der Waals surface area contributed by atoms with E-state index in [4.69, 9.17) is 18.9 Å². The normalized spacial score (nSPS) is 25.2. The number of aliphatic hydroxyl groups is 1. The number of carbonyl (C=O) groups excluding carboxylic acids is 1. The maximum absolute atomic E-state index is 14.4. The molecule has 5 rings (SSSR count). The summed E-state index contributed by atoms with van der Waals surface area (Å²) in [5.41, 5.74) is -1.39. The Bertz CT molecular complexity index is 1330. The van der Waals surface area contributed by atoms with Gasteiger partial charge in [-0.2, -0.15) is 0 Å². The van der Waals surface area contributed by atoms with Crippen LogP contribution in [0, 0.1) is 0 Å². The first-order valence-electron chi connectivity index (χ1n) is 11.6. The van der Waals surface area contributed by atoms with Gasteiger partial charge in [-0.25, -0.2) is 0 Å². The lowest BCUT2D eigenvalue weighted by Crippen LogP contribution is -2.50. The van der Waals surface area contributed by atoms with E-state index in [0.717, 1.165) is 5.56 Å². The van der Waals surface area contributed by atoms with Crippen molar-refractivity contribution in [3.05, 3.63) is 95.2 Å². The third-order valence-electron chi connectivity index (χ3n) is 7.02. The summed E-state index contributed by atoms with van der Waals surface area (Å²) < 4.78 is 23.3. The van der Waals surface area contributed by atoms with Crippen LogP contribution in [0.5, 0.6) is 23.0 Å². The van der Waals surface area contributed by atoms with Gasteiger partial charge in [0.05, 0.1) is 32.8 Å². The second kappa shape index (κ2) is 8.60. The van der Waals surface area contributed by atoms with Crippen LogP contribution < -0.4 is 18.9 Å². The third kappa shape index (κ3) is 3.12. The van der Waals surface area contributed by atoms with Crippen LogP contribution in [0.3, 0.4) is 0 Å². The largest absolute Gasteiger partial charge is 0.497 e. The summed E-state index contributed by atoms with van der Waals surface area (Å²) in [6, 6.07) is 20.2. The number of rotatable bonds is 6. The highest BCUT2D eigenvalue weighted by atomic mass is 16.5. The molecule has 3 aromatic carbocycles. The van der Waals surface area contributed by atoms with E-state index >= 15 is 0 Å². The Balaban J connectivity index is 1.90. The molecular weight excluding hydrogens is 458 g/mol. The number of nitrogens with zero attached hydrogens (tertiary/aromatic N) is 1. The van der Waals surface area contributed by atoms with Crippen LogP contribution in [0.25, 0.3) is 0 Å². The minimum absolute atomic E-state index is 0.287. The lowest BCUT2D eigenvalue weighted by Gasteiger charge is -2.39. The van der Waals surface area contributed by atoms with E-state index in [-0.39, 0.29) is 5.56 Å². The van der Waals surface area contributed by atoms with Crippen molar-refractivity contribution in [2.45, 2.75) is 17.1 Å². The summed E-state index contributed by atoms with van der Waals surface area (Å²) >= 11 is 0. The Hall–Kier alpha value is -3.97. The molecule has 0 saturated heterocycles. The first-order chi connectivity index (χ1) is 17.3. The zero-order valence-electron chi connectivity index (χ0n) is 20.9. The van der Waals surface area contributed by atoms with Crippen LogP contribution in [0.4, 0.5) is 0 Å². The molecular formula is C29H29NO6. The van der Waals surface area contributed by atoms with Crippen molar-refractivity contribution in [3.8, 4) is 23.0 Å². The standard InChI is InChI=1S/C29H29NO6/c1-30(2)17-22-25(18-9-7-6-8-10-18)29(19-11-13-20(33-3)14-12-19)28(32,27(22)31)26-23(35-5)15-21(34-4)16-24(26)36-29/h6-17,25,32H,1-5H3/t25-,28+,29+/m1/s1. The fraction of sp³-hybridized carbons (Fsp3) is 0.276. The molecule has 36 heavy (non-hydrogen) atoms. The van der Waals surface area contributed by atoms with Gasteiger partial charge in [0.1, 0.15) is 23.0 Å². The number of methoxy groups -OCH3 is 3. The number of fused-ring (bicyclic) bond motifs is 3. The van der Waals surface area contributed by atoms with Crippen molar-refractivity contribution in [3.63, 3.8) is 0 Å². The quantitative estimate of drug-likeness (QED) is 0.527. The molecule has 2 aliphatic rings. The summed E-state index contributed by atoms with van der Waals surface area (Å²) in [5, 5.41) is 12.7. The van der Waals surface area contributed by atoms with Gasteiger partial charge < -0.3 is 29.0 Å². The Labute approximate surface area is 210 Å². The van der Waals surface area contributed by atoms with Crippen LogP contribution in [0.2, 0.25) is 0 Å². The summed E-state index contributed by atoms with van der Waals surface area (Å²) in [6.07, 6.45) is 1.76. The molecule has 0 spiro atoms. The van der Waals surface area contributed by atoms with Crippen LogP contribution in [-0.4, -0.2) is 51.2 Å². The van der Waals surface area contributed by atoms with Gasteiger partial charge in [-0.05, 0) is 17.7 Å². The molecule has 1 aliphatic heterocycles. The van der Waals surface area contributed by atoms with Crippen molar-refractivity contribution in [1.29, 1.82) is 0 Å². The Morgan fingerprint density at radius 1 is 0.917 bits per heavy atom. The third-order valence-corrected chi connectivity index (χ3v) is 7.02. The minimum atomic E-state index is -2.07. The molecule has 0 unspecified atom stereocenters. The van der Waals surface area contributed by atoms with Crippen LogP contribution in [0.1, 0.15) is 22.6 Å². The summed E-state index contributed by atoms with van der Waals surface area (Å²) in [4.78, 5) is 16.2. The molecule has 0 amide bonds. The smallest absolute Gasteiger partial charge is 0.204 e. The number of carbonyl (C=O) groups is 1. The van der Waals surface area contributed by atoms with Gasteiger partial charge in [-0.1, -0.05) is 42.5 Å². The monoisotopic (exact) mass is 487 g/mol. The Kier molecular flexibility index (Phi) is 5.68. The number of hydrogen-bond donors (Lipinski definition) is 1. The van der Waals surface area contributed by atoms with E-state index < -0.39 is 22.9 Å². The van der Waals surface area contributed by atoms with E-state index in [0.29, 0.717) is 34.1 Å². The second-order valence-electron chi connectivity index (χ2n) is 9.20. The fourth-order valence-electron chi connectivity index (χ4n) is 5.57. The zero-order valence-corrected chi connectivity index (χ0v) is 20.9. The van der Waals surface area contributed by atoms with Crippen molar-refractivity contribution >= 4 is 5.78 Å². The van der Waals surface area contributed by atoms with Gasteiger partial charge in [0.25, 0.3) is 0 Å². The van der Waals surface area contributed by atoms with E-state index in [1.54, 1.807) is 44.7 Å². The number of ketones is 1. The summed E-state index contributed by atoms with van der Waals surface area (Å²) in [6.45, 7) is 0. The zero-order chi connectivity index (χ0) is 25.7. The van der Waals surface area contributed by atoms with Gasteiger partial charge in [0.2, 0.25) is 11.4 Å². The lowest BCUT2D eigenvalue weighted by molar-refractivity contribution is -0.150. The molecule has 1 N–H and O–H groups in total. The van der Waals surface area contributed by atoms with Gasteiger partial charge in [0.15, 0.2) is 5.60 Å². The van der Waals surface area contributed by atoms with E-state index in [1.807, 2.05) is 61.5 Å². The number of benzene rings is 3. The highest BCUT2D eigenvalue weighted by Crippen LogP contribution is 2.68. The van der Waals surface area contributed by atoms with Crippen LogP contribution in [-0.2, 0) is 16.0 Å². The van der Waals surface area contributed by atoms with E-state index in [1.165, 1.54) is 7.11 Å². The molecule has 1 fully saturated rings. The van der Waals surface area contributed by atoms with Gasteiger partial charge >= 0.3 is 0 Å². The Morgan fingerprint density at radius 3 is 2.17 bits per heavy atom. The van der Waals surface area contributed by atoms with Gasteiger partial charge in [-0.3, -0.25) is 4.79 Å². The number of ether oxygens (including phenoxy) is 4. The van der Waals surface area contributed by atoms with Crippen molar-refractivity contribution in [2.24, 2.45) is 0 Å². The highest BCUT2D eigenvalue weighted by molar-refractivity contribution is 6.10. The van der Waals surface area contributed by atoms with E-state index in [9.17, 15) is 9.90 Å². The van der Waals surface area contributed by atoms with Crippen LogP contribution >= 0.6 is 0 Å². The predicted molar refractivity (Wildman–Crippen MR) is 135 cm³/mol. The topological polar surface area (TPSA) is 77.5 Å². The van der Waals surface area contributed by atoms with Crippen molar-refractivity contribution in [2.75, 3.05) is 35.4 Å². The highest BCUT2D eigenvalue weighted by Gasteiger charge is 2.76. The average molecular weight is 488 g/mol. The summed E-state index contributed by atoms with van der Waals surface area (Å²) in [5.74, 6) is 0.722. The molecule has 7 nitrogen and oxygen atoms in total. The molecule has 3 atom stereocenters. The first kappa shape index (κ1) is 23.8. The second-order valence-corrected chi connectivity index (χ2v) is 9.20. The molecule has 1 saturated carbocycles. The maximum atomic E-state index is 14.4.